The summed E-state index contributed by atoms with van der Waals surface area (Å²) >= 11 is 0. The second-order valence-corrected chi connectivity index (χ2v) is 6.64. The number of hydrogen-bond donors (Lipinski definition) is 1. The molecular formula is C15H25NO3. The van der Waals surface area contributed by atoms with Crippen molar-refractivity contribution in [1.29, 1.82) is 0 Å². The first kappa shape index (κ1) is 14.4. The topological polar surface area (TPSA) is 57.6 Å². The molecule has 1 amide bonds. The van der Waals surface area contributed by atoms with Crippen LogP contribution in [-0.2, 0) is 9.59 Å². The lowest BCUT2D eigenvalue weighted by molar-refractivity contribution is -0.151. The van der Waals surface area contributed by atoms with Crippen molar-refractivity contribution in [1.82, 2.24) is 4.90 Å². The summed E-state index contributed by atoms with van der Waals surface area (Å²) < 4.78 is 0. The lowest BCUT2D eigenvalue weighted by Crippen LogP contribution is -2.46. The number of rotatable bonds is 6. The lowest BCUT2D eigenvalue weighted by atomic mass is 9.77. The van der Waals surface area contributed by atoms with E-state index in [1.54, 1.807) is 4.90 Å². The van der Waals surface area contributed by atoms with Crippen LogP contribution in [0.25, 0.3) is 0 Å². The predicted molar refractivity (Wildman–Crippen MR) is 72.7 cm³/mol. The number of amides is 1. The highest BCUT2D eigenvalue weighted by atomic mass is 16.4. The highest BCUT2D eigenvalue weighted by Crippen LogP contribution is 2.46. The molecule has 108 valence electrons. The van der Waals surface area contributed by atoms with Crippen LogP contribution < -0.4 is 0 Å². The van der Waals surface area contributed by atoms with Gasteiger partial charge in [-0.05, 0) is 38.0 Å². The Labute approximate surface area is 115 Å². The average molecular weight is 267 g/mol. The molecular weight excluding hydrogens is 242 g/mol. The van der Waals surface area contributed by atoms with Crippen molar-refractivity contribution in [3.05, 3.63) is 0 Å². The van der Waals surface area contributed by atoms with Crippen LogP contribution in [0.3, 0.4) is 0 Å². The number of hydrogen-bond acceptors (Lipinski definition) is 2. The molecule has 2 fully saturated rings. The second kappa shape index (κ2) is 5.51. The zero-order valence-corrected chi connectivity index (χ0v) is 12.0. The molecule has 0 heterocycles. The third-order valence-corrected chi connectivity index (χ3v) is 4.37. The molecule has 0 saturated heterocycles. The van der Waals surface area contributed by atoms with Crippen LogP contribution in [0, 0.1) is 11.3 Å². The lowest BCUT2D eigenvalue weighted by Gasteiger charge is -2.35. The van der Waals surface area contributed by atoms with E-state index in [-0.39, 0.29) is 23.9 Å². The van der Waals surface area contributed by atoms with Crippen molar-refractivity contribution < 1.29 is 14.7 Å². The van der Waals surface area contributed by atoms with Crippen molar-refractivity contribution in [2.75, 3.05) is 6.54 Å². The van der Waals surface area contributed by atoms with Crippen LogP contribution in [0.15, 0.2) is 0 Å². The Bertz CT molecular complexity index is 354. The Balaban J connectivity index is 2.14. The van der Waals surface area contributed by atoms with Crippen molar-refractivity contribution >= 4 is 11.9 Å². The smallest absolute Gasteiger partial charge is 0.323 e. The third kappa shape index (κ3) is 3.28. The number of carboxylic acids is 1. The highest BCUT2D eigenvalue weighted by Gasteiger charge is 2.47. The number of carbonyl (C=O) groups excluding carboxylic acids is 1. The van der Waals surface area contributed by atoms with Gasteiger partial charge in [0.15, 0.2) is 0 Å². The fourth-order valence-electron chi connectivity index (χ4n) is 3.54. The molecule has 19 heavy (non-hydrogen) atoms. The van der Waals surface area contributed by atoms with Crippen LogP contribution in [-0.4, -0.2) is 34.5 Å². The van der Waals surface area contributed by atoms with E-state index in [9.17, 15) is 9.59 Å². The van der Waals surface area contributed by atoms with Crippen LogP contribution >= 0.6 is 0 Å². The van der Waals surface area contributed by atoms with Gasteiger partial charge in [0.2, 0.25) is 5.91 Å². The minimum absolute atomic E-state index is 0.114. The molecule has 0 aromatic heterocycles. The van der Waals surface area contributed by atoms with E-state index in [0.29, 0.717) is 5.92 Å². The van der Waals surface area contributed by atoms with Crippen LogP contribution in [0.4, 0.5) is 0 Å². The molecule has 0 aromatic carbocycles. The molecule has 2 saturated carbocycles. The zero-order valence-electron chi connectivity index (χ0n) is 12.0. The summed E-state index contributed by atoms with van der Waals surface area (Å²) in [6, 6.07) is 0.188. The largest absolute Gasteiger partial charge is 0.480 e. The van der Waals surface area contributed by atoms with Crippen molar-refractivity contribution in [3.8, 4) is 0 Å². The zero-order chi connectivity index (χ0) is 14.0. The van der Waals surface area contributed by atoms with Gasteiger partial charge in [0.1, 0.15) is 6.54 Å². The number of carboxylic acid groups (broad SMARTS) is 1. The molecule has 0 unspecified atom stereocenters. The Hall–Kier alpha value is -1.06. The first-order valence-electron chi connectivity index (χ1n) is 7.47. The highest BCUT2D eigenvalue weighted by molar-refractivity contribution is 5.86. The minimum Gasteiger partial charge on any atom is -0.480 e. The normalized spacial score (nSPS) is 21.6. The van der Waals surface area contributed by atoms with Crippen LogP contribution in [0.1, 0.15) is 58.8 Å². The molecule has 0 spiro atoms. The molecule has 1 N–H and O–H groups in total. The number of nitrogens with zero attached hydrogens (tertiary/aromatic N) is 1. The standard InChI is InChI=1S/C15H25NO3/c1-11(2)9-15(7-3-4-8-15)14(19)16(10-13(17)18)12-5-6-12/h11-12H,3-10H2,1-2H3,(H,17,18). The summed E-state index contributed by atoms with van der Waals surface area (Å²) in [6.45, 7) is 4.17. The van der Waals surface area contributed by atoms with E-state index < -0.39 is 5.97 Å². The molecule has 4 heteroatoms. The van der Waals surface area contributed by atoms with Crippen molar-refractivity contribution in [3.63, 3.8) is 0 Å². The van der Waals surface area contributed by atoms with Gasteiger partial charge in [-0.25, -0.2) is 0 Å². The Morgan fingerprint density at radius 3 is 2.26 bits per heavy atom. The Kier molecular flexibility index (Phi) is 4.16. The predicted octanol–water partition coefficient (Wildman–Crippen LogP) is 2.67. The van der Waals surface area contributed by atoms with E-state index in [4.69, 9.17) is 5.11 Å². The Morgan fingerprint density at radius 1 is 1.26 bits per heavy atom. The van der Waals surface area contributed by atoms with Gasteiger partial charge in [0.05, 0.1) is 0 Å². The van der Waals surface area contributed by atoms with Gasteiger partial charge in [-0.1, -0.05) is 26.7 Å². The molecule has 2 aliphatic rings. The minimum atomic E-state index is -0.891. The summed E-state index contributed by atoms with van der Waals surface area (Å²) in [5, 5.41) is 9.02. The van der Waals surface area contributed by atoms with Gasteiger partial charge < -0.3 is 10.0 Å². The summed E-state index contributed by atoms with van der Waals surface area (Å²) in [5.41, 5.74) is -0.272. The SMILES string of the molecule is CC(C)CC1(C(=O)N(CC(=O)O)C2CC2)CCCC1. The summed E-state index contributed by atoms with van der Waals surface area (Å²) in [4.78, 5) is 25.5. The van der Waals surface area contributed by atoms with E-state index in [0.717, 1.165) is 44.9 Å². The quantitative estimate of drug-likeness (QED) is 0.805. The molecule has 0 bridgehead atoms. The van der Waals surface area contributed by atoms with Crippen molar-refractivity contribution in [2.24, 2.45) is 11.3 Å². The average Bonchev–Trinajstić information content (AvgIpc) is 3.05. The first-order chi connectivity index (χ1) is 8.94. The van der Waals surface area contributed by atoms with Gasteiger partial charge >= 0.3 is 5.97 Å². The molecule has 0 aliphatic heterocycles. The summed E-state index contributed by atoms with van der Waals surface area (Å²) in [7, 11) is 0. The van der Waals surface area contributed by atoms with E-state index in [2.05, 4.69) is 13.8 Å². The van der Waals surface area contributed by atoms with Gasteiger partial charge in [-0.2, -0.15) is 0 Å². The van der Waals surface area contributed by atoms with Gasteiger partial charge in [0, 0.05) is 11.5 Å². The van der Waals surface area contributed by atoms with Crippen LogP contribution in [0.5, 0.6) is 0 Å². The maximum Gasteiger partial charge on any atom is 0.323 e. The summed E-state index contributed by atoms with van der Waals surface area (Å²) in [5.74, 6) is -0.297. The second-order valence-electron chi connectivity index (χ2n) is 6.64. The monoisotopic (exact) mass is 267 g/mol. The van der Waals surface area contributed by atoms with Crippen molar-refractivity contribution in [2.45, 2.75) is 64.8 Å². The van der Waals surface area contributed by atoms with E-state index >= 15 is 0 Å². The maximum absolute atomic E-state index is 12.9. The molecule has 2 aliphatic carbocycles. The fourth-order valence-corrected chi connectivity index (χ4v) is 3.54. The van der Waals surface area contributed by atoms with Gasteiger partial charge in [-0.15, -0.1) is 0 Å². The van der Waals surface area contributed by atoms with Gasteiger partial charge in [-0.3, -0.25) is 9.59 Å². The maximum atomic E-state index is 12.9. The molecule has 0 radical (unpaired) electrons. The number of aliphatic carboxylic acids is 1. The molecule has 2 rings (SSSR count). The first-order valence-corrected chi connectivity index (χ1v) is 7.47. The van der Waals surface area contributed by atoms with E-state index in [1.165, 1.54) is 0 Å². The van der Waals surface area contributed by atoms with Crippen LogP contribution in [0.2, 0.25) is 0 Å². The Morgan fingerprint density at radius 2 is 1.84 bits per heavy atom. The molecule has 0 atom stereocenters. The summed E-state index contributed by atoms with van der Waals surface area (Å²) in [6.07, 6.45) is 6.91. The molecule has 4 nitrogen and oxygen atoms in total. The van der Waals surface area contributed by atoms with Gasteiger partial charge in [0.25, 0.3) is 0 Å². The number of carbonyl (C=O) groups is 2. The molecule has 0 aromatic rings. The fraction of sp³-hybridized carbons (Fsp3) is 0.867. The van der Waals surface area contributed by atoms with E-state index in [1.807, 2.05) is 0 Å². The third-order valence-electron chi connectivity index (χ3n) is 4.37.